The molecule has 0 radical (unpaired) electrons. The van der Waals surface area contributed by atoms with E-state index in [4.69, 9.17) is 0 Å². The Balaban J connectivity index is 1.85. The molecule has 3 rings (SSSR count). The first-order chi connectivity index (χ1) is 12.1. The molecule has 0 amide bonds. The maximum atomic E-state index is 12.4. The second-order valence-electron chi connectivity index (χ2n) is 5.39. The van der Waals surface area contributed by atoms with Crippen molar-refractivity contribution in [2.75, 3.05) is 0 Å². The van der Waals surface area contributed by atoms with Crippen molar-refractivity contribution < 1.29 is 9.90 Å². The van der Waals surface area contributed by atoms with Gasteiger partial charge in [-0.1, -0.05) is 42.5 Å². The molecular formula is C18H16N4O3. The third-order valence-electron chi connectivity index (χ3n) is 3.61. The van der Waals surface area contributed by atoms with Crippen LogP contribution in [0.3, 0.4) is 0 Å². The Labute approximate surface area is 143 Å². The summed E-state index contributed by atoms with van der Waals surface area (Å²) in [6.07, 6.45) is 1.37. The van der Waals surface area contributed by atoms with Crippen LogP contribution in [-0.2, 0) is 6.54 Å². The third kappa shape index (κ3) is 3.55. The molecule has 0 saturated carbocycles. The van der Waals surface area contributed by atoms with Crippen LogP contribution in [0.1, 0.15) is 21.7 Å². The molecule has 1 heterocycles. The predicted octanol–water partition coefficient (Wildman–Crippen LogP) is 1.82. The molecule has 7 heteroatoms. The molecule has 2 aromatic carbocycles. The second kappa shape index (κ2) is 6.96. The normalized spacial score (nSPS) is 11.1. The lowest BCUT2D eigenvalue weighted by Crippen LogP contribution is -2.26. The molecule has 3 aromatic rings. The minimum atomic E-state index is -0.520. The first kappa shape index (κ1) is 16.4. The highest BCUT2D eigenvalue weighted by Gasteiger charge is 2.13. The molecule has 0 fully saturated rings. The number of hydrogen-bond donors (Lipinski definition) is 1. The SMILES string of the molecule is Cc1nn(CC(=O)c2ccccc2)c(=O)n1N=Cc1ccccc1O. The van der Waals surface area contributed by atoms with Gasteiger partial charge in [-0.2, -0.15) is 14.9 Å². The molecule has 126 valence electrons. The van der Waals surface area contributed by atoms with Gasteiger partial charge in [-0.05, 0) is 19.1 Å². The molecular weight excluding hydrogens is 320 g/mol. The summed E-state index contributed by atoms with van der Waals surface area (Å²) < 4.78 is 2.16. The van der Waals surface area contributed by atoms with E-state index in [1.54, 1.807) is 49.4 Å². The van der Waals surface area contributed by atoms with Gasteiger partial charge >= 0.3 is 5.69 Å². The average Bonchev–Trinajstić information content (AvgIpc) is 2.88. The number of aryl methyl sites for hydroxylation is 1. The van der Waals surface area contributed by atoms with Crippen LogP contribution in [0.15, 0.2) is 64.5 Å². The number of aromatic nitrogens is 3. The van der Waals surface area contributed by atoms with Crippen LogP contribution in [0.5, 0.6) is 5.75 Å². The highest BCUT2D eigenvalue weighted by atomic mass is 16.3. The van der Waals surface area contributed by atoms with Gasteiger partial charge < -0.3 is 5.11 Å². The summed E-state index contributed by atoms with van der Waals surface area (Å²) in [5.74, 6) is 0.193. The highest BCUT2D eigenvalue weighted by molar-refractivity contribution is 5.95. The molecule has 0 bridgehead atoms. The van der Waals surface area contributed by atoms with Crippen LogP contribution in [0.2, 0.25) is 0 Å². The van der Waals surface area contributed by atoms with Gasteiger partial charge in [-0.25, -0.2) is 9.48 Å². The molecule has 0 saturated heterocycles. The monoisotopic (exact) mass is 336 g/mol. The lowest BCUT2D eigenvalue weighted by molar-refractivity contribution is 0.0966. The van der Waals surface area contributed by atoms with Crippen molar-refractivity contribution >= 4 is 12.0 Å². The lowest BCUT2D eigenvalue weighted by atomic mass is 10.1. The fourth-order valence-corrected chi connectivity index (χ4v) is 2.31. The van der Waals surface area contributed by atoms with Gasteiger partial charge in [0.25, 0.3) is 0 Å². The Kier molecular flexibility index (Phi) is 4.56. The molecule has 0 aliphatic rings. The molecule has 1 aromatic heterocycles. The summed E-state index contributed by atoms with van der Waals surface area (Å²) in [5, 5.41) is 17.9. The molecule has 1 N–H and O–H groups in total. The number of para-hydroxylation sites is 1. The third-order valence-corrected chi connectivity index (χ3v) is 3.61. The van der Waals surface area contributed by atoms with E-state index in [1.165, 1.54) is 12.3 Å². The molecule has 7 nitrogen and oxygen atoms in total. The van der Waals surface area contributed by atoms with E-state index in [2.05, 4.69) is 10.2 Å². The number of carbonyl (C=O) groups is 1. The average molecular weight is 336 g/mol. The highest BCUT2D eigenvalue weighted by Crippen LogP contribution is 2.12. The largest absolute Gasteiger partial charge is 0.507 e. The fraction of sp³-hybridized carbons (Fsp3) is 0.111. The predicted molar refractivity (Wildman–Crippen MR) is 93.1 cm³/mol. The summed E-state index contributed by atoms with van der Waals surface area (Å²) in [5.41, 5.74) is 0.467. The van der Waals surface area contributed by atoms with Crippen LogP contribution >= 0.6 is 0 Å². The Bertz CT molecular complexity index is 987. The quantitative estimate of drug-likeness (QED) is 0.568. The zero-order valence-electron chi connectivity index (χ0n) is 13.5. The fourth-order valence-electron chi connectivity index (χ4n) is 2.31. The number of rotatable bonds is 5. The number of carbonyl (C=O) groups excluding carboxylic acids is 1. The number of phenolic OH excluding ortho intramolecular Hbond substituents is 1. The molecule has 0 aliphatic carbocycles. The number of phenols is 1. The van der Waals surface area contributed by atoms with Crippen LogP contribution in [0.4, 0.5) is 0 Å². The number of ketones is 1. The second-order valence-corrected chi connectivity index (χ2v) is 5.39. The Morgan fingerprint density at radius 2 is 1.84 bits per heavy atom. The van der Waals surface area contributed by atoms with Gasteiger partial charge in [0.1, 0.15) is 12.3 Å². The Morgan fingerprint density at radius 3 is 2.56 bits per heavy atom. The van der Waals surface area contributed by atoms with Gasteiger partial charge in [0.2, 0.25) is 0 Å². The molecule has 0 aliphatic heterocycles. The van der Waals surface area contributed by atoms with E-state index in [9.17, 15) is 14.7 Å². The van der Waals surface area contributed by atoms with E-state index in [0.29, 0.717) is 17.0 Å². The van der Waals surface area contributed by atoms with Gasteiger partial charge in [-0.3, -0.25) is 4.79 Å². The van der Waals surface area contributed by atoms with E-state index in [-0.39, 0.29) is 18.1 Å². The zero-order valence-corrected chi connectivity index (χ0v) is 13.5. The lowest BCUT2D eigenvalue weighted by Gasteiger charge is -1.99. The van der Waals surface area contributed by atoms with Crippen molar-refractivity contribution in [1.29, 1.82) is 0 Å². The van der Waals surface area contributed by atoms with E-state index in [0.717, 1.165) is 9.36 Å². The van der Waals surface area contributed by atoms with Crippen LogP contribution in [0, 0.1) is 6.92 Å². The standard InChI is InChI=1S/C18H16N4O3/c1-13-20-21(12-17(24)14-7-3-2-4-8-14)18(25)22(13)19-11-15-9-5-6-10-16(15)23/h2-11,23H,12H2,1H3. The summed E-state index contributed by atoms with van der Waals surface area (Å²) in [6, 6.07) is 15.3. The van der Waals surface area contributed by atoms with Crippen LogP contribution < -0.4 is 5.69 Å². The first-order valence-electron chi connectivity index (χ1n) is 7.63. The number of hydrogen-bond acceptors (Lipinski definition) is 5. The summed E-state index contributed by atoms with van der Waals surface area (Å²) in [7, 11) is 0. The van der Waals surface area contributed by atoms with Gasteiger partial charge in [0, 0.05) is 11.1 Å². The van der Waals surface area contributed by atoms with Crippen LogP contribution in [-0.4, -0.2) is 31.6 Å². The van der Waals surface area contributed by atoms with Crippen molar-refractivity contribution in [3.8, 4) is 5.75 Å². The van der Waals surface area contributed by atoms with Gasteiger partial charge in [-0.15, -0.1) is 0 Å². The first-order valence-corrected chi connectivity index (χ1v) is 7.63. The van der Waals surface area contributed by atoms with Crippen molar-refractivity contribution in [3.63, 3.8) is 0 Å². The van der Waals surface area contributed by atoms with Gasteiger partial charge in [0.05, 0.1) is 6.21 Å². The number of nitrogens with zero attached hydrogens (tertiary/aromatic N) is 4. The topological polar surface area (TPSA) is 89.5 Å². The van der Waals surface area contributed by atoms with Crippen molar-refractivity contribution in [3.05, 3.63) is 82.0 Å². The van der Waals surface area contributed by atoms with E-state index < -0.39 is 5.69 Å². The minimum absolute atomic E-state index is 0.0589. The van der Waals surface area contributed by atoms with Crippen molar-refractivity contribution in [2.24, 2.45) is 5.10 Å². The smallest absolute Gasteiger partial charge is 0.367 e. The Hall–Kier alpha value is -3.48. The summed E-state index contributed by atoms with van der Waals surface area (Å²) in [4.78, 5) is 24.6. The number of benzene rings is 2. The number of Topliss-reactive ketones (excluding diaryl/α,β-unsaturated/α-hetero) is 1. The molecule has 0 atom stereocenters. The van der Waals surface area contributed by atoms with Crippen molar-refractivity contribution in [1.82, 2.24) is 14.5 Å². The maximum Gasteiger partial charge on any atom is 0.367 e. The van der Waals surface area contributed by atoms with E-state index >= 15 is 0 Å². The summed E-state index contributed by atoms with van der Waals surface area (Å²) in [6.45, 7) is 1.45. The maximum absolute atomic E-state index is 12.4. The van der Waals surface area contributed by atoms with Crippen molar-refractivity contribution in [2.45, 2.75) is 13.5 Å². The minimum Gasteiger partial charge on any atom is -0.507 e. The summed E-state index contributed by atoms with van der Waals surface area (Å²) >= 11 is 0. The van der Waals surface area contributed by atoms with Gasteiger partial charge in [0.15, 0.2) is 11.6 Å². The van der Waals surface area contributed by atoms with Crippen LogP contribution in [0.25, 0.3) is 0 Å². The Morgan fingerprint density at radius 1 is 1.16 bits per heavy atom. The molecule has 0 spiro atoms. The molecule has 0 unspecified atom stereocenters. The molecule has 25 heavy (non-hydrogen) atoms. The van der Waals surface area contributed by atoms with E-state index in [1.807, 2.05) is 6.07 Å². The zero-order chi connectivity index (χ0) is 17.8. The number of aromatic hydroxyl groups is 1.